The van der Waals surface area contributed by atoms with Gasteiger partial charge in [-0.2, -0.15) is 0 Å². The summed E-state index contributed by atoms with van der Waals surface area (Å²) in [6.45, 7) is 0.626. The van der Waals surface area contributed by atoms with E-state index in [9.17, 15) is 4.39 Å². The van der Waals surface area contributed by atoms with Gasteiger partial charge in [0, 0.05) is 11.6 Å². The molecule has 0 bridgehead atoms. The third-order valence-corrected chi connectivity index (χ3v) is 3.95. The average Bonchev–Trinajstić information content (AvgIpc) is 2.83. The Morgan fingerprint density at radius 3 is 2.71 bits per heavy atom. The summed E-state index contributed by atoms with van der Waals surface area (Å²) in [5.41, 5.74) is 2.46. The monoisotopic (exact) mass is 322 g/mol. The van der Waals surface area contributed by atoms with E-state index in [1.54, 1.807) is 12.1 Å². The van der Waals surface area contributed by atoms with Crippen LogP contribution in [-0.4, -0.2) is 9.55 Å². The van der Waals surface area contributed by atoms with Crippen LogP contribution in [0.5, 0.6) is 0 Å². The molecule has 0 spiro atoms. The van der Waals surface area contributed by atoms with Crippen molar-refractivity contribution < 1.29 is 4.39 Å². The van der Waals surface area contributed by atoms with Crippen LogP contribution >= 0.6 is 23.2 Å². The summed E-state index contributed by atoms with van der Waals surface area (Å²) in [5, 5.41) is 0.641. The van der Waals surface area contributed by atoms with Gasteiger partial charge in [0.25, 0.3) is 0 Å². The molecule has 3 aromatic rings. The number of imidazole rings is 1. The molecular weight excluding hydrogens is 310 g/mol. The minimum atomic E-state index is -0.183. The Hall–Kier alpha value is -1.58. The summed E-state index contributed by atoms with van der Waals surface area (Å²) < 4.78 is 15.7. The lowest BCUT2D eigenvalue weighted by atomic mass is 10.1. The number of nitrogens with zero attached hydrogens (tertiary/aromatic N) is 2. The quantitative estimate of drug-likeness (QED) is 0.630. The fraction of sp³-hybridized carbons (Fsp3) is 0.188. The first-order valence-electron chi connectivity index (χ1n) is 6.63. The highest BCUT2D eigenvalue weighted by molar-refractivity contribution is 6.31. The normalized spacial score (nSPS) is 11.2. The molecule has 0 amide bonds. The van der Waals surface area contributed by atoms with Crippen LogP contribution in [0.25, 0.3) is 11.0 Å². The fourth-order valence-electron chi connectivity index (χ4n) is 2.44. The Morgan fingerprint density at radius 2 is 1.95 bits per heavy atom. The van der Waals surface area contributed by atoms with Crippen LogP contribution < -0.4 is 0 Å². The zero-order valence-corrected chi connectivity index (χ0v) is 12.7. The second-order valence-electron chi connectivity index (χ2n) is 4.79. The standard InChI is InChI=1S/C16H13Cl2FN2/c17-10-16-20-14-9-12(18)5-6-15(14)21(16)8-7-11-3-1-2-4-13(11)19/h1-6,9H,7-8,10H2. The first kappa shape index (κ1) is 14.4. The van der Waals surface area contributed by atoms with Gasteiger partial charge < -0.3 is 4.57 Å². The topological polar surface area (TPSA) is 17.8 Å². The largest absolute Gasteiger partial charge is 0.327 e. The highest BCUT2D eigenvalue weighted by Crippen LogP contribution is 2.22. The molecule has 2 nitrogen and oxygen atoms in total. The molecule has 1 aromatic heterocycles. The lowest BCUT2D eigenvalue weighted by Gasteiger charge is -2.08. The van der Waals surface area contributed by atoms with E-state index in [-0.39, 0.29) is 5.82 Å². The van der Waals surface area contributed by atoms with E-state index in [0.717, 1.165) is 16.9 Å². The van der Waals surface area contributed by atoms with Crippen LogP contribution in [0.15, 0.2) is 42.5 Å². The minimum Gasteiger partial charge on any atom is -0.327 e. The first-order chi connectivity index (χ1) is 10.2. The van der Waals surface area contributed by atoms with Gasteiger partial charge in [0.05, 0.1) is 16.9 Å². The third-order valence-electron chi connectivity index (χ3n) is 3.47. The van der Waals surface area contributed by atoms with Crippen LogP contribution in [0.1, 0.15) is 11.4 Å². The van der Waals surface area contributed by atoms with Crippen LogP contribution in [0.2, 0.25) is 5.02 Å². The maximum atomic E-state index is 13.7. The zero-order chi connectivity index (χ0) is 14.8. The minimum absolute atomic E-state index is 0.183. The molecular formula is C16H13Cl2FN2. The molecule has 0 aliphatic heterocycles. The molecule has 0 atom stereocenters. The summed E-state index contributed by atoms with van der Waals surface area (Å²) in [7, 11) is 0. The molecule has 0 N–H and O–H groups in total. The fourth-order valence-corrected chi connectivity index (χ4v) is 2.81. The highest BCUT2D eigenvalue weighted by Gasteiger charge is 2.11. The van der Waals surface area contributed by atoms with Crippen molar-refractivity contribution in [3.8, 4) is 0 Å². The number of alkyl halides is 1. The van der Waals surface area contributed by atoms with Crippen molar-refractivity contribution in [3.63, 3.8) is 0 Å². The number of hydrogen-bond donors (Lipinski definition) is 0. The van der Waals surface area contributed by atoms with Gasteiger partial charge in [-0.05, 0) is 36.2 Å². The van der Waals surface area contributed by atoms with Crippen molar-refractivity contribution in [2.75, 3.05) is 0 Å². The molecule has 0 aliphatic rings. The average molecular weight is 323 g/mol. The lowest BCUT2D eigenvalue weighted by molar-refractivity contribution is 0.593. The van der Waals surface area contributed by atoms with Crippen molar-refractivity contribution in [1.29, 1.82) is 0 Å². The number of rotatable bonds is 4. The number of hydrogen-bond acceptors (Lipinski definition) is 1. The Kier molecular flexibility index (Phi) is 4.13. The second-order valence-corrected chi connectivity index (χ2v) is 5.49. The number of benzene rings is 2. The first-order valence-corrected chi connectivity index (χ1v) is 7.54. The summed E-state index contributed by atoms with van der Waals surface area (Å²) in [6.07, 6.45) is 0.588. The van der Waals surface area contributed by atoms with E-state index in [4.69, 9.17) is 23.2 Å². The molecule has 0 aliphatic carbocycles. The van der Waals surface area contributed by atoms with Crippen molar-refractivity contribution in [3.05, 3.63) is 64.7 Å². The van der Waals surface area contributed by atoms with Crippen LogP contribution in [0.3, 0.4) is 0 Å². The maximum absolute atomic E-state index is 13.7. The Balaban J connectivity index is 1.94. The third kappa shape index (κ3) is 2.89. The van der Waals surface area contributed by atoms with Crippen LogP contribution in [0, 0.1) is 5.82 Å². The van der Waals surface area contributed by atoms with Gasteiger partial charge >= 0.3 is 0 Å². The van der Waals surface area contributed by atoms with Crippen LogP contribution in [0.4, 0.5) is 4.39 Å². The highest BCUT2D eigenvalue weighted by atomic mass is 35.5. The lowest BCUT2D eigenvalue weighted by Crippen LogP contribution is -2.06. The van der Waals surface area contributed by atoms with E-state index in [1.807, 2.05) is 28.8 Å². The molecule has 5 heteroatoms. The van der Waals surface area contributed by atoms with Crippen molar-refractivity contribution in [2.45, 2.75) is 18.8 Å². The Morgan fingerprint density at radius 1 is 1.14 bits per heavy atom. The summed E-state index contributed by atoms with van der Waals surface area (Å²) in [4.78, 5) is 4.48. The number of aryl methyl sites for hydroxylation is 2. The SMILES string of the molecule is Fc1ccccc1CCn1c(CCl)nc2cc(Cl)ccc21. The van der Waals surface area contributed by atoms with E-state index >= 15 is 0 Å². The maximum Gasteiger partial charge on any atom is 0.126 e. The predicted octanol–water partition coefficient (Wildman–Crippen LogP) is 4.81. The second kappa shape index (κ2) is 6.04. The van der Waals surface area contributed by atoms with E-state index in [2.05, 4.69) is 4.98 Å². The predicted molar refractivity (Wildman–Crippen MR) is 84.4 cm³/mol. The molecule has 108 valence electrons. The molecule has 1 heterocycles. The molecule has 0 saturated heterocycles. The molecule has 0 radical (unpaired) electrons. The van der Waals surface area contributed by atoms with Gasteiger partial charge in [0.15, 0.2) is 0 Å². The molecule has 0 unspecified atom stereocenters. The molecule has 3 rings (SSSR count). The zero-order valence-electron chi connectivity index (χ0n) is 11.2. The van der Waals surface area contributed by atoms with Gasteiger partial charge in [0.2, 0.25) is 0 Å². The van der Waals surface area contributed by atoms with E-state index < -0.39 is 0 Å². The Bertz CT molecular complexity index is 783. The molecule has 0 fully saturated rings. The van der Waals surface area contributed by atoms with Gasteiger partial charge in [-0.3, -0.25) is 0 Å². The number of halogens is 3. The summed E-state index contributed by atoms with van der Waals surface area (Å²) in [5.74, 6) is 0.895. The number of fused-ring (bicyclic) bond motifs is 1. The van der Waals surface area contributed by atoms with Gasteiger partial charge in [-0.25, -0.2) is 9.37 Å². The van der Waals surface area contributed by atoms with E-state index in [0.29, 0.717) is 29.4 Å². The molecule has 0 saturated carbocycles. The van der Waals surface area contributed by atoms with Crippen molar-refractivity contribution >= 4 is 34.2 Å². The van der Waals surface area contributed by atoms with Crippen LogP contribution in [-0.2, 0) is 18.8 Å². The van der Waals surface area contributed by atoms with E-state index in [1.165, 1.54) is 6.07 Å². The van der Waals surface area contributed by atoms with Gasteiger partial charge in [-0.1, -0.05) is 29.8 Å². The van der Waals surface area contributed by atoms with Crippen molar-refractivity contribution in [1.82, 2.24) is 9.55 Å². The summed E-state index contributed by atoms with van der Waals surface area (Å²) in [6, 6.07) is 12.4. The summed E-state index contributed by atoms with van der Waals surface area (Å²) >= 11 is 12.0. The smallest absolute Gasteiger partial charge is 0.126 e. The molecule has 21 heavy (non-hydrogen) atoms. The number of aromatic nitrogens is 2. The van der Waals surface area contributed by atoms with Gasteiger partial charge in [0.1, 0.15) is 11.6 Å². The van der Waals surface area contributed by atoms with Crippen molar-refractivity contribution in [2.24, 2.45) is 0 Å². The Labute approximate surface area is 132 Å². The van der Waals surface area contributed by atoms with Gasteiger partial charge in [-0.15, -0.1) is 11.6 Å². The molecule has 2 aromatic carbocycles.